The fourth-order valence-corrected chi connectivity index (χ4v) is 4.40. The Bertz CT molecular complexity index is 957. The number of amides is 1. The van der Waals surface area contributed by atoms with Gasteiger partial charge in [0.05, 0.1) is 19.8 Å². The predicted octanol–water partition coefficient (Wildman–Crippen LogP) is 4.61. The summed E-state index contributed by atoms with van der Waals surface area (Å²) in [6.07, 6.45) is 0. The van der Waals surface area contributed by atoms with E-state index in [1.807, 2.05) is 29.6 Å². The van der Waals surface area contributed by atoms with Crippen molar-refractivity contribution in [3.63, 3.8) is 0 Å². The largest absolute Gasteiger partial charge is 0.378 e. The number of carbonyl (C=O) groups is 1. The van der Waals surface area contributed by atoms with Crippen LogP contribution in [0.5, 0.6) is 0 Å². The number of aromatic nitrogens is 1. The fourth-order valence-electron chi connectivity index (χ4n) is 3.47. The highest BCUT2D eigenvalue weighted by molar-refractivity contribution is 7.09. The molecule has 1 aromatic heterocycles. The van der Waals surface area contributed by atoms with Crippen molar-refractivity contribution < 1.29 is 13.9 Å². The average molecular weight is 460 g/mol. The van der Waals surface area contributed by atoms with Crippen LogP contribution < -0.4 is 0 Å². The minimum Gasteiger partial charge on any atom is -0.378 e. The van der Waals surface area contributed by atoms with Crippen molar-refractivity contribution in [2.45, 2.75) is 19.6 Å². The molecule has 1 fully saturated rings. The van der Waals surface area contributed by atoms with E-state index in [-0.39, 0.29) is 11.7 Å². The van der Waals surface area contributed by atoms with Gasteiger partial charge in [-0.15, -0.1) is 11.3 Å². The molecule has 1 saturated heterocycles. The predicted molar refractivity (Wildman–Crippen MR) is 120 cm³/mol. The molecule has 3 aromatic rings. The summed E-state index contributed by atoms with van der Waals surface area (Å²) in [7, 11) is 0. The highest BCUT2D eigenvalue weighted by Gasteiger charge is 2.21. The van der Waals surface area contributed by atoms with Crippen LogP contribution in [0.1, 0.15) is 26.6 Å². The number of morpholine rings is 1. The third-order valence-electron chi connectivity index (χ3n) is 5.07. The maximum Gasteiger partial charge on any atom is 0.273 e. The number of rotatable bonds is 7. The van der Waals surface area contributed by atoms with E-state index in [2.05, 4.69) is 9.88 Å². The van der Waals surface area contributed by atoms with Gasteiger partial charge in [-0.1, -0.05) is 35.9 Å². The Morgan fingerprint density at radius 2 is 1.65 bits per heavy atom. The van der Waals surface area contributed by atoms with Gasteiger partial charge in [-0.05, 0) is 35.4 Å². The van der Waals surface area contributed by atoms with Crippen LogP contribution in [0.4, 0.5) is 4.39 Å². The molecule has 0 spiro atoms. The standard InChI is InChI=1S/C23H23ClFN3O2S/c24-19-5-1-17(2-6-19)13-27(14-18-3-7-20(25)8-4-18)15-22-26-21(16-31-22)23(29)28-9-11-30-12-10-28/h1-8,16H,9-15H2. The van der Waals surface area contributed by atoms with Crippen molar-refractivity contribution in [3.05, 3.63) is 86.6 Å². The Hall–Kier alpha value is -2.32. The smallest absolute Gasteiger partial charge is 0.273 e. The van der Waals surface area contributed by atoms with Crippen LogP contribution in [0.3, 0.4) is 0 Å². The molecule has 2 heterocycles. The lowest BCUT2D eigenvalue weighted by molar-refractivity contribution is 0.0299. The number of hydrogen-bond donors (Lipinski definition) is 0. The molecule has 0 aliphatic carbocycles. The number of halogens is 2. The summed E-state index contributed by atoms with van der Waals surface area (Å²) in [4.78, 5) is 21.3. The summed E-state index contributed by atoms with van der Waals surface area (Å²) in [6.45, 7) is 4.22. The van der Waals surface area contributed by atoms with Crippen LogP contribution in [0.15, 0.2) is 53.9 Å². The van der Waals surface area contributed by atoms with E-state index < -0.39 is 0 Å². The van der Waals surface area contributed by atoms with E-state index in [1.165, 1.54) is 23.5 Å². The molecule has 0 N–H and O–H groups in total. The molecular formula is C23H23ClFN3O2S. The highest BCUT2D eigenvalue weighted by atomic mass is 35.5. The van der Waals surface area contributed by atoms with Gasteiger partial charge in [-0.2, -0.15) is 0 Å². The Balaban J connectivity index is 1.48. The van der Waals surface area contributed by atoms with E-state index in [4.69, 9.17) is 16.3 Å². The fraction of sp³-hybridized carbons (Fsp3) is 0.304. The SMILES string of the molecule is O=C(c1csc(CN(Cc2ccc(F)cc2)Cc2ccc(Cl)cc2)n1)N1CCOCC1. The lowest BCUT2D eigenvalue weighted by Crippen LogP contribution is -2.40. The molecule has 0 bridgehead atoms. The first-order chi connectivity index (χ1) is 15.1. The number of hydrogen-bond acceptors (Lipinski definition) is 5. The van der Waals surface area contributed by atoms with Crippen LogP contribution in [0.2, 0.25) is 5.02 Å². The van der Waals surface area contributed by atoms with E-state index in [1.54, 1.807) is 17.0 Å². The molecule has 4 rings (SSSR count). The molecule has 162 valence electrons. The minimum atomic E-state index is -0.251. The van der Waals surface area contributed by atoms with Crippen molar-refractivity contribution in [2.24, 2.45) is 0 Å². The molecule has 8 heteroatoms. The topological polar surface area (TPSA) is 45.7 Å². The Labute approximate surface area is 190 Å². The number of benzene rings is 2. The molecule has 1 aliphatic heterocycles. The zero-order valence-corrected chi connectivity index (χ0v) is 18.5. The number of carbonyl (C=O) groups excluding carboxylic acids is 1. The quantitative estimate of drug-likeness (QED) is 0.517. The summed E-state index contributed by atoms with van der Waals surface area (Å²) in [5.74, 6) is -0.298. The highest BCUT2D eigenvalue weighted by Crippen LogP contribution is 2.19. The first-order valence-corrected chi connectivity index (χ1v) is 11.4. The first kappa shape index (κ1) is 21.9. The van der Waals surface area contributed by atoms with Crippen LogP contribution in [-0.2, 0) is 24.4 Å². The summed E-state index contributed by atoms with van der Waals surface area (Å²) in [5.41, 5.74) is 2.61. The Morgan fingerprint density at radius 3 is 2.29 bits per heavy atom. The summed E-state index contributed by atoms with van der Waals surface area (Å²) in [6, 6.07) is 14.3. The monoisotopic (exact) mass is 459 g/mol. The molecule has 0 atom stereocenters. The van der Waals surface area contributed by atoms with Crippen molar-refractivity contribution >= 4 is 28.8 Å². The lowest BCUT2D eigenvalue weighted by Gasteiger charge is -2.26. The minimum absolute atomic E-state index is 0.0476. The van der Waals surface area contributed by atoms with Gasteiger partial charge >= 0.3 is 0 Å². The van der Waals surface area contributed by atoms with E-state index >= 15 is 0 Å². The second-order valence-electron chi connectivity index (χ2n) is 7.43. The number of nitrogens with zero attached hydrogens (tertiary/aromatic N) is 3. The molecule has 0 radical (unpaired) electrons. The summed E-state index contributed by atoms with van der Waals surface area (Å²) in [5, 5.41) is 3.39. The molecule has 0 saturated carbocycles. The molecule has 2 aromatic carbocycles. The van der Waals surface area contributed by atoms with E-state index in [0.29, 0.717) is 56.7 Å². The van der Waals surface area contributed by atoms with Crippen molar-refractivity contribution in [1.29, 1.82) is 0 Å². The van der Waals surface area contributed by atoms with Crippen molar-refractivity contribution in [2.75, 3.05) is 26.3 Å². The van der Waals surface area contributed by atoms with E-state index in [0.717, 1.165) is 16.1 Å². The first-order valence-electron chi connectivity index (χ1n) is 10.1. The van der Waals surface area contributed by atoms with Crippen LogP contribution in [-0.4, -0.2) is 47.0 Å². The zero-order chi connectivity index (χ0) is 21.6. The zero-order valence-electron chi connectivity index (χ0n) is 17.0. The van der Waals surface area contributed by atoms with Gasteiger partial charge in [-0.25, -0.2) is 9.37 Å². The normalized spacial score (nSPS) is 14.2. The second-order valence-corrected chi connectivity index (χ2v) is 8.81. The third-order valence-corrected chi connectivity index (χ3v) is 6.15. The van der Waals surface area contributed by atoms with Gasteiger partial charge in [0.2, 0.25) is 0 Å². The van der Waals surface area contributed by atoms with Crippen molar-refractivity contribution in [3.8, 4) is 0 Å². The maximum atomic E-state index is 13.3. The molecule has 5 nitrogen and oxygen atoms in total. The summed E-state index contributed by atoms with van der Waals surface area (Å²) < 4.78 is 18.6. The van der Waals surface area contributed by atoms with Crippen LogP contribution in [0.25, 0.3) is 0 Å². The maximum absolute atomic E-state index is 13.3. The van der Waals surface area contributed by atoms with Crippen molar-refractivity contribution in [1.82, 2.24) is 14.8 Å². The summed E-state index contributed by atoms with van der Waals surface area (Å²) >= 11 is 7.50. The molecule has 1 aliphatic rings. The van der Waals surface area contributed by atoms with Gasteiger partial charge < -0.3 is 9.64 Å². The number of ether oxygens (including phenoxy) is 1. The van der Waals surface area contributed by atoms with Gasteiger partial charge in [0.15, 0.2) is 0 Å². The molecule has 31 heavy (non-hydrogen) atoms. The van der Waals surface area contributed by atoms with Gasteiger partial charge in [0, 0.05) is 36.6 Å². The molecule has 1 amide bonds. The Morgan fingerprint density at radius 1 is 1.03 bits per heavy atom. The van der Waals surface area contributed by atoms with E-state index in [9.17, 15) is 9.18 Å². The second kappa shape index (κ2) is 10.3. The average Bonchev–Trinajstić information content (AvgIpc) is 3.25. The molecular weight excluding hydrogens is 437 g/mol. The Kier molecular flexibility index (Phi) is 7.29. The number of thiazole rings is 1. The lowest BCUT2D eigenvalue weighted by atomic mass is 10.1. The van der Waals surface area contributed by atoms with Gasteiger partial charge in [0.1, 0.15) is 16.5 Å². The third kappa shape index (κ3) is 6.11. The van der Waals surface area contributed by atoms with Gasteiger partial charge in [0.25, 0.3) is 5.91 Å². The molecule has 0 unspecified atom stereocenters. The van der Waals surface area contributed by atoms with Crippen LogP contribution in [0, 0.1) is 5.82 Å². The van der Waals surface area contributed by atoms with Crippen LogP contribution >= 0.6 is 22.9 Å². The van der Waals surface area contributed by atoms with Gasteiger partial charge in [-0.3, -0.25) is 9.69 Å².